The number of alkyl carbamates (subject to hydrolysis) is 1. The Kier molecular flexibility index (Phi) is 7.20. The van der Waals surface area contributed by atoms with Crippen molar-refractivity contribution in [2.24, 2.45) is 5.41 Å². The molecule has 0 atom stereocenters. The molecule has 0 saturated heterocycles. The Labute approximate surface area is 158 Å². The van der Waals surface area contributed by atoms with E-state index in [1.165, 1.54) is 11.3 Å². The molecule has 0 spiro atoms. The van der Waals surface area contributed by atoms with Gasteiger partial charge < -0.3 is 20.7 Å². The first-order valence-corrected chi connectivity index (χ1v) is 9.28. The van der Waals surface area contributed by atoms with Crippen LogP contribution in [-0.2, 0) is 9.53 Å². The van der Waals surface area contributed by atoms with E-state index in [2.05, 4.69) is 16.0 Å². The third-order valence-corrected chi connectivity index (χ3v) is 4.27. The monoisotopic (exact) mass is 383 g/mol. The number of aryl methyl sites for hydroxylation is 1. The summed E-state index contributed by atoms with van der Waals surface area (Å²) in [6, 6.07) is 1.78. The molecule has 7 nitrogen and oxygen atoms in total. The van der Waals surface area contributed by atoms with Crippen LogP contribution >= 0.6 is 11.3 Å². The van der Waals surface area contributed by atoms with Crippen LogP contribution in [0.1, 0.15) is 56.8 Å². The second-order valence-corrected chi connectivity index (χ2v) is 9.06. The van der Waals surface area contributed by atoms with Gasteiger partial charge in [0, 0.05) is 18.5 Å². The fraction of sp³-hybridized carbons (Fsp3) is 0.611. The van der Waals surface area contributed by atoms with Crippen LogP contribution < -0.4 is 16.0 Å². The summed E-state index contributed by atoms with van der Waals surface area (Å²) < 4.78 is 5.12. The summed E-state index contributed by atoms with van der Waals surface area (Å²) in [7, 11) is 0. The lowest BCUT2D eigenvalue weighted by molar-refractivity contribution is -0.123. The molecule has 3 N–H and O–H groups in total. The lowest BCUT2D eigenvalue weighted by Crippen LogP contribution is -2.37. The van der Waals surface area contributed by atoms with Gasteiger partial charge in [-0.1, -0.05) is 20.8 Å². The van der Waals surface area contributed by atoms with Gasteiger partial charge in [-0.05, 0) is 39.3 Å². The third-order valence-electron chi connectivity index (χ3n) is 3.12. The maximum absolute atomic E-state index is 12.3. The number of hydrogen-bond donors (Lipinski definition) is 3. The molecular formula is C18H29N3O4S. The topological polar surface area (TPSA) is 96.5 Å². The van der Waals surface area contributed by atoms with Gasteiger partial charge in [-0.2, -0.15) is 0 Å². The zero-order chi connectivity index (χ0) is 20.1. The number of ether oxygens (including phenoxy) is 1. The van der Waals surface area contributed by atoms with Crippen molar-refractivity contribution in [2.75, 3.05) is 18.4 Å². The average molecular weight is 384 g/mol. The first-order chi connectivity index (χ1) is 11.8. The van der Waals surface area contributed by atoms with Crippen LogP contribution in [0.4, 0.5) is 9.80 Å². The number of anilines is 1. The lowest BCUT2D eigenvalue weighted by Gasteiger charge is -2.19. The van der Waals surface area contributed by atoms with Crippen molar-refractivity contribution in [3.05, 3.63) is 16.5 Å². The summed E-state index contributed by atoms with van der Waals surface area (Å²) in [6.45, 7) is 13.2. The highest BCUT2D eigenvalue weighted by molar-refractivity contribution is 7.18. The van der Waals surface area contributed by atoms with Crippen LogP contribution in [0.25, 0.3) is 0 Å². The summed E-state index contributed by atoms with van der Waals surface area (Å²) in [5.41, 5.74) is -0.278. The van der Waals surface area contributed by atoms with E-state index in [0.717, 1.165) is 5.56 Å². The summed E-state index contributed by atoms with van der Waals surface area (Å²) in [5, 5.41) is 8.79. The number of rotatable bonds is 5. The van der Waals surface area contributed by atoms with Crippen LogP contribution in [-0.4, -0.2) is 36.6 Å². The van der Waals surface area contributed by atoms with E-state index in [-0.39, 0.29) is 24.9 Å². The Balaban J connectivity index is 2.51. The smallest absolute Gasteiger partial charge is 0.407 e. The van der Waals surface area contributed by atoms with Crippen LogP contribution in [0.2, 0.25) is 0 Å². The number of carbonyl (C=O) groups is 3. The molecule has 0 fully saturated rings. The van der Waals surface area contributed by atoms with Crippen molar-refractivity contribution in [3.8, 4) is 0 Å². The van der Waals surface area contributed by atoms with Crippen LogP contribution in [0.15, 0.2) is 6.07 Å². The Bertz CT molecular complexity index is 669. The van der Waals surface area contributed by atoms with Gasteiger partial charge in [-0.3, -0.25) is 9.59 Å². The maximum atomic E-state index is 12.3. The van der Waals surface area contributed by atoms with E-state index in [0.29, 0.717) is 9.88 Å². The van der Waals surface area contributed by atoms with Crippen molar-refractivity contribution in [3.63, 3.8) is 0 Å². The van der Waals surface area contributed by atoms with Crippen molar-refractivity contribution in [1.82, 2.24) is 10.6 Å². The second kappa shape index (κ2) is 8.53. The Morgan fingerprint density at radius 3 is 2.15 bits per heavy atom. The molecule has 8 heteroatoms. The summed E-state index contributed by atoms with van der Waals surface area (Å²) in [6.07, 6.45) is -0.522. The molecule has 1 aromatic rings. The second-order valence-electron chi connectivity index (χ2n) is 8.01. The Morgan fingerprint density at radius 1 is 1.04 bits per heavy atom. The molecule has 26 heavy (non-hydrogen) atoms. The van der Waals surface area contributed by atoms with E-state index in [1.807, 2.05) is 27.7 Å². The van der Waals surface area contributed by atoms with Gasteiger partial charge in [-0.25, -0.2) is 4.79 Å². The standard InChI is InChI=1S/C18H29N3O4S/c1-11-10-12(21-15(23)17(2,3)4)26-13(11)14(22)19-8-9-20-16(24)25-18(5,6)7/h10H,8-9H2,1-7H3,(H,19,22)(H,20,24)(H,21,23). The van der Waals surface area contributed by atoms with Crippen LogP contribution in [0.3, 0.4) is 0 Å². The molecule has 0 unspecified atom stereocenters. The van der Waals surface area contributed by atoms with Crippen molar-refractivity contribution >= 4 is 34.2 Å². The zero-order valence-corrected chi connectivity index (χ0v) is 17.3. The fourth-order valence-corrected chi connectivity index (χ4v) is 2.79. The average Bonchev–Trinajstić information content (AvgIpc) is 2.81. The minimum absolute atomic E-state index is 0.104. The molecule has 1 aromatic heterocycles. The van der Waals surface area contributed by atoms with E-state index < -0.39 is 17.1 Å². The van der Waals surface area contributed by atoms with Gasteiger partial charge in [0.1, 0.15) is 5.60 Å². The number of thiophene rings is 1. The predicted molar refractivity (Wildman–Crippen MR) is 104 cm³/mol. The minimum Gasteiger partial charge on any atom is -0.444 e. The molecule has 0 radical (unpaired) electrons. The molecule has 0 bridgehead atoms. The van der Waals surface area contributed by atoms with Gasteiger partial charge in [0.15, 0.2) is 0 Å². The lowest BCUT2D eigenvalue weighted by atomic mass is 9.96. The first kappa shape index (κ1) is 22.0. The van der Waals surface area contributed by atoms with E-state index >= 15 is 0 Å². The molecule has 1 heterocycles. The number of hydrogen-bond acceptors (Lipinski definition) is 5. The summed E-state index contributed by atoms with van der Waals surface area (Å²) in [4.78, 5) is 36.4. The van der Waals surface area contributed by atoms with E-state index in [4.69, 9.17) is 4.74 Å². The molecule has 0 aliphatic heterocycles. The van der Waals surface area contributed by atoms with Crippen molar-refractivity contribution < 1.29 is 19.1 Å². The highest BCUT2D eigenvalue weighted by atomic mass is 32.1. The van der Waals surface area contributed by atoms with E-state index in [1.54, 1.807) is 26.8 Å². The van der Waals surface area contributed by atoms with Gasteiger partial charge in [-0.15, -0.1) is 11.3 Å². The van der Waals surface area contributed by atoms with Crippen LogP contribution in [0.5, 0.6) is 0 Å². The molecule has 1 rings (SSSR count). The molecule has 0 aromatic carbocycles. The molecule has 0 saturated carbocycles. The van der Waals surface area contributed by atoms with Crippen LogP contribution in [0, 0.1) is 12.3 Å². The SMILES string of the molecule is Cc1cc(NC(=O)C(C)(C)C)sc1C(=O)NCCNC(=O)OC(C)(C)C. The largest absolute Gasteiger partial charge is 0.444 e. The van der Waals surface area contributed by atoms with Crippen molar-refractivity contribution in [2.45, 2.75) is 54.1 Å². The minimum atomic E-state index is -0.560. The molecule has 0 aliphatic rings. The molecule has 0 aliphatic carbocycles. The normalized spacial score (nSPS) is 11.7. The maximum Gasteiger partial charge on any atom is 0.407 e. The van der Waals surface area contributed by atoms with Gasteiger partial charge in [0.05, 0.1) is 9.88 Å². The van der Waals surface area contributed by atoms with Crippen molar-refractivity contribution in [1.29, 1.82) is 0 Å². The molecular weight excluding hydrogens is 354 g/mol. The fourth-order valence-electron chi connectivity index (χ4n) is 1.80. The van der Waals surface area contributed by atoms with E-state index in [9.17, 15) is 14.4 Å². The number of nitrogens with one attached hydrogen (secondary N) is 3. The Hall–Kier alpha value is -2.09. The first-order valence-electron chi connectivity index (χ1n) is 8.46. The van der Waals surface area contributed by atoms with Gasteiger partial charge in [0.25, 0.3) is 5.91 Å². The predicted octanol–water partition coefficient (Wildman–Crippen LogP) is 3.30. The molecule has 3 amide bonds. The van der Waals surface area contributed by atoms with Gasteiger partial charge in [0.2, 0.25) is 5.91 Å². The zero-order valence-electron chi connectivity index (χ0n) is 16.5. The third kappa shape index (κ3) is 7.43. The quantitative estimate of drug-likeness (QED) is 0.680. The summed E-state index contributed by atoms with van der Waals surface area (Å²) in [5.74, 6) is -0.345. The number of carbonyl (C=O) groups excluding carboxylic acids is 3. The molecule has 146 valence electrons. The summed E-state index contributed by atoms with van der Waals surface area (Å²) >= 11 is 1.23. The highest BCUT2D eigenvalue weighted by Crippen LogP contribution is 2.28. The number of amides is 3. The van der Waals surface area contributed by atoms with Gasteiger partial charge >= 0.3 is 6.09 Å². The highest BCUT2D eigenvalue weighted by Gasteiger charge is 2.23. The Morgan fingerprint density at radius 2 is 1.62 bits per heavy atom.